The van der Waals surface area contributed by atoms with Crippen LogP contribution in [-0.4, -0.2) is 14.1 Å². The van der Waals surface area contributed by atoms with Crippen molar-refractivity contribution in [2.24, 2.45) is 5.92 Å². The fourth-order valence-electron chi connectivity index (χ4n) is 2.54. The summed E-state index contributed by atoms with van der Waals surface area (Å²) in [6, 6.07) is 6.42. The molecule has 0 heterocycles. The third-order valence-corrected chi connectivity index (χ3v) is 4.32. The predicted molar refractivity (Wildman–Crippen MR) is 105 cm³/mol. The first-order valence-corrected chi connectivity index (χ1v) is 8.21. The zero-order chi connectivity index (χ0) is 17.6. The van der Waals surface area contributed by atoms with Crippen molar-refractivity contribution >= 4 is 16.9 Å². The van der Waals surface area contributed by atoms with E-state index in [9.17, 15) is 0 Å². The minimum absolute atomic E-state index is 0.501. The zero-order valence-electron chi connectivity index (χ0n) is 15.3. The molecule has 126 valence electrons. The lowest BCUT2D eigenvalue weighted by atomic mass is 9.89. The van der Waals surface area contributed by atoms with E-state index in [-0.39, 0.29) is 0 Å². The van der Waals surface area contributed by atoms with Crippen molar-refractivity contribution in [1.29, 1.82) is 0 Å². The van der Waals surface area contributed by atoms with Crippen molar-refractivity contribution in [1.82, 2.24) is 5.32 Å². The SMILES string of the molecule is C=C(NC)Nc1cc(C(=C)C(CC)CC)cc(N(C)C(=C)C)c1. The maximum atomic E-state index is 4.35. The Balaban J connectivity index is 3.30. The first-order chi connectivity index (χ1) is 10.8. The maximum absolute atomic E-state index is 4.35. The Kier molecular flexibility index (Phi) is 6.95. The Hall–Kier alpha value is -2.16. The fraction of sp³-hybridized carbons (Fsp3) is 0.400. The summed E-state index contributed by atoms with van der Waals surface area (Å²) < 4.78 is 0. The Morgan fingerprint density at radius 2 is 1.74 bits per heavy atom. The van der Waals surface area contributed by atoms with Gasteiger partial charge in [-0.15, -0.1) is 0 Å². The fourth-order valence-corrected chi connectivity index (χ4v) is 2.54. The molecule has 0 aliphatic carbocycles. The van der Waals surface area contributed by atoms with Crippen molar-refractivity contribution in [2.45, 2.75) is 33.6 Å². The van der Waals surface area contributed by atoms with Crippen LogP contribution in [0.25, 0.3) is 5.57 Å². The quantitative estimate of drug-likeness (QED) is 0.655. The van der Waals surface area contributed by atoms with Crippen molar-refractivity contribution in [3.63, 3.8) is 0 Å². The number of hydrogen-bond donors (Lipinski definition) is 2. The molecule has 3 nitrogen and oxygen atoms in total. The summed E-state index contributed by atoms with van der Waals surface area (Å²) in [6.45, 7) is 18.8. The second-order valence-electron chi connectivity index (χ2n) is 5.96. The molecular weight excluding hydrogens is 282 g/mol. The highest BCUT2D eigenvalue weighted by Gasteiger charge is 2.13. The summed E-state index contributed by atoms with van der Waals surface area (Å²) in [5, 5.41) is 6.31. The third kappa shape index (κ3) is 4.92. The highest BCUT2D eigenvalue weighted by molar-refractivity contribution is 5.75. The van der Waals surface area contributed by atoms with Crippen LogP contribution in [0.15, 0.2) is 49.5 Å². The standard InChI is InChI=1S/C20H31N3/c1-9-17(10-2)15(5)18-11-19(22-16(6)21-7)13-20(12-18)23(8)14(3)4/h11-13,17,21-22H,3,5-6,9-10H2,1-2,4,7-8H3. The molecule has 0 saturated heterocycles. The molecule has 1 aromatic carbocycles. The lowest BCUT2D eigenvalue weighted by Crippen LogP contribution is -2.16. The van der Waals surface area contributed by atoms with E-state index in [2.05, 4.69) is 67.3 Å². The van der Waals surface area contributed by atoms with Gasteiger partial charge in [-0.1, -0.05) is 33.6 Å². The minimum atomic E-state index is 0.501. The number of rotatable bonds is 9. The summed E-state index contributed by atoms with van der Waals surface area (Å²) in [5.74, 6) is 1.26. The van der Waals surface area contributed by atoms with Gasteiger partial charge in [0.15, 0.2) is 0 Å². The molecule has 3 heteroatoms. The highest BCUT2D eigenvalue weighted by atomic mass is 15.1. The van der Waals surface area contributed by atoms with Crippen molar-refractivity contribution < 1.29 is 0 Å². The number of anilines is 2. The zero-order valence-corrected chi connectivity index (χ0v) is 15.3. The molecular formula is C20H31N3. The van der Waals surface area contributed by atoms with E-state index >= 15 is 0 Å². The summed E-state index contributed by atoms with van der Waals surface area (Å²) in [4.78, 5) is 2.08. The van der Waals surface area contributed by atoms with E-state index in [0.717, 1.165) is 41.3 Å². The lowest BCUT2D eigenvalue weighted by Gasteiger charge is -2.24. The van der Waals surface area contributed by atoms with Gasteiger partial charge in [0.1, 0.15) is 0 Å². The Bertz CT molecular complexity index is 583. The van der Waals surface area contributed by atoms with Gasteiger partial charge in [0, 0.05) is 31.2 Å². The molecule has 0 amide bonds. The topological polar surface area (TPSA) is 27.3 Å². The molecule has 2 N–H and O–H groups in total. The van der Waals surface area contributed by atoms with Crippen molar-refractivity contribution in [3.05, 3.63) is 55.0 Å². The number of benzene rings is 1. The summed E-state index contributed by atoms with van der Waals surface area (Å²) >= 11 is 0. The summed E-state index contributed by atoms with van der Waals surface area (Å²) in [5.41, 5.74) is 5.43. The number of allylic oxidation sites excluding steroid dienone is 2. The number of nitrogens with zero attached hydrogens (tertiary/aromatic N) is 1. The molecule has 0 fully saturated rings. The van der Waals surface area contributed by atoms with Crippen LogP contribution in [0.1, 0.15) is 39.2 Å². The van der Waals surface area contributed by atoms with Crippen LogP contribution >= 0.6 is 0 Å². The minimum Gasteiger partial charge on any atom is -0.375 e. The first-order valence-electron chi connectivity index (χ1n) is 8.21. The molecule has 1 aromatic rings. The molecule has 0 saturated carbocycles. The molecule has 0 radical (unpaired) electrons. The third-order valence-electron chi connectivity index (χ3n) is 4.32. The van der Waals surface area contributed by atoms with Crippen molar-refractivity contribution in [3.8, 4) is 0 Å². The number of nitrogens with one attached hydrogen (secondary N) is 2. The lowest BCUT2D eigenvalue weighted by molar-refractivity contribution is 0.625. The molecule has 0 aliphatic rings. The second kappa shape index (κ2) is 8.47. The van der Waals surface area contributed by atoms with Crippen LogP contribution in [0.4, 0.5) is 11.4 Å². The smallest absolute Gasteiger partial charge is 0.0954 e. The Morgan fingerprint density at radius 1 is 1.13 bits per heavy atom. The van der Waals surface area contributed by atoms with Gasteiger partial charge in [0.25, 0.3) is 0 Å². The molecule has 0 aromatic heterocycles. The average Bonchev–Trinajstić information content (AvgIpc) is 2.54. The van der Waals surface area contributed by atoms with E-state index in [1.54, 1.807) is 0 Å². The molecule has 0 unspecified atom stereocenters. The highest BCUT2D eigenvalue weighted by Crippen LogP contribution is 2.32. The van der Waals surface area contributed by atoms with Crippen LogP contribution in [0.5, 0.6) is 0 Å². The molecule has 0 atom stereocenters. The maximum Gasteiger partial charge on any atom is 0.0954 e. The molecule has 0 bridgehead atoms. The number of hydrogen-bond acceptors (Lipinski definition) is 3. The van der Waals surface area contributed by atoms with Gasteiger partial charge in [0.05, 0.1) is 5.82 Å². The molecule has 1 rings (SSSR count). The van der Waals surface area contributed by atoms with E-state index in [1.807, 2.05) is 21.0 Å². The van der Waals surface area contributed by atoms with Crippen LogP contribution in [-0.2, 0) is 0 Å². The molecule has 23 heavy (non-hydrogen) atoms. The van der Waals surface area contributed by atoms with Gasteiger partial charge < -0.3 is 15.5 Å². The largest absolute Gasteiger partial charge is 0.375 e. The van der Waals surface area contributed by atoms with Gasteiger partial charge in [-0.05, 0) is 55.0 Å². The summed E-state index contributed by atoms with van der Waals surface area (Å²) in [7, 11) is 3.88. The van der Waals surface area contributed by atoms with Gasteiger partial charge in [-0.25, -0.2) is 0 Å². The van der Waals surface area contributed by atoms with Crippen LogP contribution in [0.2, 0.25) is 0 Å². The van der Waals surface area contributed by atoms with Gasteiger partial charge in [-0.3, -0.25) is 0 Å². The molecule has 0 aliphatic heterocycles. The second-order valence-corrected chi connectivity index (χ2v) is 5.96. The monoisotopic (exact) mass is 313 g/mol. The normalized spacial score (nSPS) is 10.3. The first kappa shape index (κ1) is 18.9. The Morgan fingerprint density at radius 3 is 2.22 bits per heavy atom. The molecule has 0 spiro atoms. The van der Waals surface area contributed by atoms with E-state index in [0.29, 0.717) is 5.92 Å². The van der Waals surface area contributed by atoms with Crippen LogP contribution in [0.3, 0.4) is 0 Å². The van der Waals surface area contributed by atoms with E-state index in [1.165, 1.54) is 5.57 Å². The Labute approximate surface area is 141 Å². The van der Waals surface area contributed by atoms with Crippen molar-refractivity contribution in [2.75, 3.05) is 24.3 Å². The average molecular weight is 313 g/mol. The van der Waals surface area contributed by atoms with Gasteiger partial charge in [0.2, 0.25) is 0 Å². The van der Waals surface area contributed by atoms with Crippen LogP contribution < -0.4 is 15.5 Å². The van der Waals surface area contributed by atoms with E-state index in [4.69, 9.17) is 0 Å². The summed E-state index contributed by atoms with van der Waals surface area (Å²) in [6.07, 6.45) is 2.20. The predicted octanol–water partition coefficient (Wildman–Crippen LogP) is 5.21. The van der Waals surface area contributed by atoms with E-state index < -0.39 is 0 Å². The van der Waals surface area contributed by atoms with Gasteiger partial charge >= 0.3 is 0 Å². The van der Waals surface area contributed by atoms with Crippen LogP contribution in [0, 0.1) is 5.92 Å². The van der Waals surface area contributed by atoms with Gasteiger partial charge in [-0.2, -0.15) is 0 Å².